The normalized spacial score (nSPS) is 12.2. The highest BCUT2D eigenvalue weighted by Crippen LogP contribution is 2.16. The van der Waals surface area contributed by atoms with Gasteiger partial charge in [-0.1, -0.05) is 32.0 Å². The van der Waals surface area contributed by atoms with E-state index in [0.717, 1.165) is 0 Å². The first-order chi connectivity index (χ1) is 8.93. The zero-order valence-corrected chi connectivity index (χ0v) is 11.2. The van der Waals surface area contributed by atoms with Gasteiger partial charge in [-0.2, -0.15) is 0 Å². The first-order valence-electron chi connectivity index (χ1n) is 6.27. The topological polar surface area (TPSA) is 83.6 Å². The summed E-state index contributed by atoms with van der Waals surface area (Å²) < 4.78 is 0. The molecule has 5 heteroatoms. The minimum atomic E-state index is -0.938. The van der Waals surface area contributed by atoms with Crippen molar-refractivity contribution >= 4 is 17.6 Å². The van der Waals surface area contributed by atoms with Crippen LogP contribution >= 0.6 is 0 Å². The van der Waals surface area contributed by atoms with E-state index in [9.17, 15) is 9.59 Å². The summed E-state index contributed by atoms with van der Waals surface area (Å²) in [5.74, 6) is -1.18. The van der Waals surface area contributed by atoms with Crippen molar-refractivity contribution in [3.63, 3.8) is 0 Å². The number of para-hydroxylation sites is 1. The molecular formula is C14H20N2O3. The Labute approximate surface area is 113 Å². The van der Waals surface area contributed by atoms with E-state index in [1.807, 2.05) is 19.9 Å². The SMILES string of the molecule is CC(C)[C@H](N)C(=O)N(CCC(=O)O)c1ccccc1. The molecule has 1 rings (SSSR count). The number of nitrogens with two attached hydrogens (primary N) is 1. The highest BCUT2D eigenvalue weighted by atomic mass is 16.4. The fourth-order valence-electron chi connectivity index (χ4n) is 1.65. The molecule has 5 nitrogen and oxygen atoms in total. The van der Waals surface area contributed by atoms with E-state index >= 15 is 0 Å². The van der Waals surface area contributed by atoms with E-state index in [2.05, 4.69) is 0 Å². The zero-order valence-electron chi connectivity index (χ0n) is 11.2. The molecule has 0 saturated heterocycles. The minimum absolute atomic E-state index is 0.00328. The maximum Gasteiger partial charge on any atom is 0.305 e. The summed E-state index contributed by atoms with van der Waals surface area (Å²) in [7, 11) is 0. The van der Waals surface area contributed by atoms with Crippen LogP contribution in [0.1, 0.15) is 20.3 Å². The van der Waals surface area contributed by atoms with E-state index in [1.54, 1.807) is 24.3 Å². The molecule has 0 heterocycles. The molecule has 0 bridgehead atoms. The third-order valence-corrected chi connectivity index (χ3v) is 2.89. The van der Waals surface area contributed by atoms with Gasteiger partial charge in [-0.05, 0) is 18.1 Å². The van der Waals surface area contributed by atoms with Crippen LogP contribution in [0, 0.1) is 5.92 Å². The third kappa shape index (κ3) is 4.37. The molecule has 0 aliphatic carbocycles. The number of carbonyl (C=O) groups is 2. The van der Waals surface area contributed by atoms with E-state index in [4.69, 9.17) is 10.8 Å². The zero-order chi connectivity index (χ0) is 14.4. The number of anilines is 1. The second-order valence-corrected chi connectivity index (χ2v) is 4.74. The van der Waals surface area contributed by atoms with Crippen LogP contribution in [0.4, 0.5) is 5.69 Å². The number of carbonyl (C=O) groups excluding carboxylic acids is 1. The second-order valence-electron chi connectivity index (χ2n) is 4.74. The van der Waals surface area contributed by atoms with Crippen molar-refractivity contribution in [3.05, 3.63) is 30.3 Å². The van der Waals surface area contributed by atoms with Crippen molar-refractivity contribution < 1.29 is 14.7 Å². The fraction of sp³-hybridized carbons (Fsp3) is 0.429. The molecule has 1 aromatic carbocycles. The smallest absolute Gasteiger partial charge is 0.305 e. The number of nitrogens with zero attached hydrogens (tertiary/aromatic N) is 1. The molecule has 19 heavy (non-hydrogen) atoms. The van der Waals surface area contributed by atoms with Crippen LogP contribution in [0.25, 0.3) is 0 Å². The van der Waals surface area contributed by atoms with Gasteiger partial charge in [0.1, 0.15) is 0 Å². The van der Waals surface area contributed by atoms with Crippen molar-refractivity contribution in [3.8, 4) is 0 Å². The molecular weight excluding hydrogens is 244 g/mol. The molecule has 0 fully saturated rings. The molecule has 1 amide bonds. The van der Waals surface area contributed by atoms with Crippen molar-refractivity contribution in [2.24, 2.45) is 11.7 Å². The highest BCUT2D eigenvalue weighted by Gasteiger charge is 2.24. The van der Waals surface area contributed by atoms with Gasteiger partial charge in [0.2, 0.25) is 5.91 Å². The van der Waals surface area contributed by atoms with Crippen molar-refractivity contribution in [2.75, 3.05) is 11.4 Å². The van der Waals surface area contributed by atoms with E-state index in [1.165, 1.54) is 4.90 Å². The molecule has 0 aromatic heterocycles. The molecule has 0 radical (unpaired) electrons. The van der Waals surface area contributed by atoms with E-state index < -0.39 is 12.0 Å². The molecule has 0 unspecified atom stereocenters. The van der Waals surface area contributed by atoms with Crippen LogP contribution in [0.3, 0.4) is 0 Å². The van der Waals surface area contributed by atoms with E-state index in [0.29, 0.717) is 5.69 Å². The van der Waals surface area contributed by atoms with Crippen molar-refractivity contribution in [1.82, 2.24) is 0 Å². The lowest BCUT2D eigenvalue weighted by Crippen LogP contribution is -2.47. The molecule has 0 aliphatic heterocycles. The molecule has 1 atom stereocenters. The van der Waals surface area contributed by atoms with Gasteiger partial charge in [0.15, 0.2) is 0 Å². The average Bonchev–Trinajstić information content (AvgIpc) is 2.38. The van der Waals surface area contributed by atoms with Gasteiger partial charge < -0.3 is 15.7 Å². The Morgan fingerprint density at radius 3 is 2.32 bits per heavy atom. The Kier molecular flexibility index (Phi) is 5.51. The quantitative estimate of drug-likeness (QED) is 0.815. The Bertz CT molecular complexity index is 432. The summed E-state index contributed by atoms with van der Waals surface area (Å²) in [6.45, 7) is 3.85. The summed E-state index contributed by atoms with van der Waals surface area (Å²) in [4.78, 5) is 24.4. The Morgan fingerprint density at radius 1 is 1.26 bits per heavy atom. The number of aliphatic carboxylic acids is 1. The van der Waals surface area contributed by atoms with Gasteiger partial charge in [0.25, 0.3) is 0 Å². The number of carboxylic acids is 1. The van der Waals surface area contributed by atoms with Gasteiger partial charge >= 0.3 is 5.97 Å². The molecule has 0 saturated carbocycles. The van der Waals surface area contributed by atoms with Crippen LogP contribution in [-0.2, 0) is 9.59 Å². The Balaban J connectivity index is 2.92. The monoisotopic (exact) mass is 264 g/mol. The first kappa shape index (κ1) is 15.2. The van der Waals surface area contributed by atoms with Gasteiger partial charge in [-0.25, -0.2) is 0 Å². The predicted molar refractivity (Wildman–Crippen MR) is 73.9 cm³/mol. The maximum atomic E-state index is 12.3. The summed E-state index contributed by atoms with van der Waals surface area (Å²) >= 11 is 0. The van der Waals surface area contributed by atoms with Crippen LogP contribution in [0.2, 0.25) is 0 Å². The van der Waals surface area contributed by atoms with Gasteiger partial charge in [-0.3, -0.25) is 9.59 Å². The van der Waals surface area contributed by atoms with Gasteiger partial charge in [-0.15, -0.1) is 0 Å². The summed E-state index contributed by atoms with van der Waals surface area (Å²) in [6.07, 6.45) is -0.106. The number of amides is 1. The molecule has 0 spiro atoms. The lowest BCUT2D eigenvalue weighted by atomic mass is 10.0. The maximum absolute atomic E-state index is 12.3. The van der Waals surface area contributed by atoms with Gasteiger partial charge in [0, 0.05) is 12.2 Å². The van der Waals surface area contributed by atoms with Crippen LogP contribution in [0.5, 0.6) is 0 Å². The van der Waals surface area contributed by atoms with Gasteiger partial charge in [0.05, 0.1) is 12.5 Å². The lowest BCUT2D eigenvalue weighted by Gasteiger charge is -2.27. The number of benzene rings is 1. The average molecular weight is 264 g/mol. The number of carboxylic acid groups (broad SMARTS) is 1. The first-order valence-corrected chi connectivity index (χ1v) is 6.27. The minimum Gasteiger partial charge on any atom is -0.481 e. The molecule has 0 aliphatic rings. The lowest BCUT2D eigenvalue weighted by molar-refractivity contribution is -0.136. The second kappa shape index (κ2) is 6.89. The standard InChI is InChI=1S/C14H20N2O3/c1-10(2)13(15)14(19)16(9-8-12(17)18)11-6-4-3-5-7-11/h3-7,10,13H,8-9,15H2,1-2H3,(H,17,18)/t13-/m0/s1. The van der Waals surface area contributed by atoms with E-state index in [-0.39, 0.29) is 24.8 Å². The largest absolute Gasteiger partial charge is 0.481 e. The Morgan fingerprint density at radius 2 is 1.84 bits per heavy atom. The third-order valence-electron chi connectivity index (χ3n) is 2.89. The van der Waals surface area contributed by atoms with Crippen LogP contribution < -0.4 is 10.6 Å². The number of hydrogen-bond acceptors (Lipinski definition) is 3. The number of hydrogen-bond donors (Lipinski definition) is 2. The summed E-state index contributed by atoms with van der Waals surface area (Å²) in [6, 6.07) is 8.36. The van der Waals surface area contributed by atoms with Crippen molar-refractivity contribution in [2.45, 2.75) is 26.3 Å². The highest BCUT2D eigenvalue weighted by molar-refractivity contribution is 5.97. The predicted octanol–water partition coefficient (Wildman–Crippen LogP) is 1.48. The summed E-state index contributed by atoms with van der Waals surface area (Å²) in [5, 5.41) is 8.77. The van der Waals surface area contributed by atoms with Crippen LogP contribution in [0.15, 0.2) is 30.3 Å². The molecule has 1 aromatic rings. The number of rotatable bonds is 6. The fourth-order valence-corrected chi connectivity index (χ4v) is 1.65. The van der Waals surface area contributed by atoms with Crippen molar-refractivity contribution in [1.29, 1.82) is 0 Å². The molecule has 3 N–H and O–H groups in total. The summed E-state index contributed by atoms with van der Waals surface area (Å²) in [5.41, 5.74) is 6.54. The Hall–Kier alpha value is -1.88. The molecule has 104 valence electrons. The van der Waals surface area contributed by atoms with Crippen LogP contribution in [-0.4, -0.2) is 29.6 Å².